The predicted molar refractivity (Wildman–Crippen MR) is 75.3 cm³/mol. The zero-order chi connectivity index (χ0) is 12.9. The molecule has 102 valence electrons. The van der Waals surface area contributed by atoms with Gasteiger partial charge in [-0.3, -0.25) is 4.90 Å². The molecule has 1 rings (SSSR count). The molecule has 3 nitrogen and oxygen atoms in total. The highest BCUT2D eigenvalue weighted by Gasteiger charge is 2.35. The third kappa shape index (κ3) is 3.94. The molecule has 0 spiro atoms. The summed E-state index contributed by atoms with van der Waals surface area (Å²) in [6, 6.07) is 0.715. The Labute approximate surface area is 107 Å². The molecule has 2 unspecified atom stereocenters. The lowest BCUT2D eigenvalue weighted by Gasteiger charge is -2.38. The summed E-state index contributed by atoms with van der Waals surface area (Å²) in [6.45, 7) is 7.80. The molecule has 0 aromatic heterocycles. The molecule has 2 atom stereocenters. The minimum absolute atomic E-state index is 0.222. The average molecular weight is 241 g/mol. The minimum atomic E-state index is 0.222. The Kier molecular flexibility index (Phi) is 5.90. The van der Waals surface area contributed by atoms with Gasteiger partial charge >= 0.3 is 0 Å². The smallest absolute Gasteiger partial charge is 0.0304 e. The van der Waals surface area contributed by atoms with Crippen LogP contribution in [0, 0.1) is 0 Å². The van der Waals surface area contributed by atoms with Crippen molar-refractivity contribution < 1.29 is 0 Å². The van der Waals surface area contributed by atoms with Gasteiger partial charge in [0.1, 0.15) is 0 Å². The van der Waals surface area contributed by atoms with Crippen LogP contribution in [-0.2, 0) is 0 Å². The van der Waals surface area contributed by atoms with Crippen molar-refractivity contribution in [3.8, 4) is 0 Å². The van der Waals surface area contributed by atoms with Gasteiger partial charge in [0.25, 0.3) is 0 Å². The van der Waals surface area contributed by atoms with Crippen molar-refractivity contribution in [3.05, 3.63) is 0 Å². The van der Waals surface area contributed by atoms with Gasteiger partial charge in [0.2, 0.25) is 0 Å². The highest BCUT2D eigenvalue weighted by molar-refractivity contribution is 4.94. The van der Waals surface area contributed by atoms with Crippen LogP contribution >= 0.6 is 0 Å². The summed E-state index contributed by atoms with van der Waals surface area (Å²) in [4.78, 5) is 4.97. The van der Waals surface area contributed by atoms with Crippen molar-refractivity contribution in [1.29, 1.82) is 0 Å². The van der Waals surface area contributed by atoms with Crippen molar-refractivity contribution in [3.63, 3.8) is 0 Å². The monoisotopic (exact) mass is 241 g/mol. The van der Waals surface area contributed by atoms with E-state index in [9.17, 15) is 0 Å². The third-order valence-electron chi connectivity index (χ3n) is 4.42. The van der Waals surface area contributed by atoms with E-state index < -0.39 is 0 Å². The maximum Gasteiger partial charge on any atom is 0.0304 e. The van der Waals surface area contributed by atoms with Gasteiger partial charge in [-0.25, -0.2) is 0 Å². The molecule has 2 N–H and O–H groups in total. The van der Waals surface area contributed by atoms with Crippen LogP contribution in [-0.4, -0.2) is 55.1 Å². The molecular weight excluding hydrogens is 210 g/mol. The molecule has 1 fully saturated rings. The van der Waals surface area contributed by atoms with Gasteiger partial charge < -0.3 is 10.6 Å². The Bertz CT molecular complexity index is 218. The highest BCUT2D eigenvalue weighted by Crippen LogP contribution is 2.27. The normalized spacial score (nSPS) is 25.4. The fourth-order valence-electron chi connectivity index (χ4n) is 2.80. The van der Waals surface area contributed by atoms with Crippen molar-refractivity contribution >= 4 is 0 Å². The van der Waals surface area contributed by atoms with Gasteiger partial charge in [0, 0.05) is 31.2 Å². The highest BCUT2D eigenvalue weighted by atomic mass is 15.3. The molecule has 0 aromatic carbocycles. The molecular formula is C14H31N3. The summed E-state index contributed by atoms with van der Waals surface area (Å²) in [5, 5.41) is 0. The fourth-order valence-corrected chi connectivity index (χ4v) is 2.80. The molecule has 0 amide bonds. The van der Waals surface area contributed by atoms with E-state index in [0.29, 0.717) is 6.04 Å². The number of unbranched alkanes of at least 4 members (excludes halogenated alkanes) is 2. The topological polar surface area (TPSA) is 32.5 Å². The van der Waals surface area contributed by atoms with Crippen molar-refractivity contribution in [1.82, 2.24) is 9.80 Å². The third-order valence-corrected chi connectivity index (χ3v) is 4.42. The van der Waals surface area contributed by atoms with E-state index in [1.165, 1.54) is 45.2 Å². The van der Waals surface area contributed by atoms with Crippen LogP contribution in [0.4, 0.5) is 0 Å². The van der Waals surface area contributed by atoms with Crippen LogP contribution in [0.2, 0.25) is 0 Å². The number of nitrogens with two attached hydrogens (primary N) is 1. The van der Waals surface area contributed by atoms with Crippen LogP contribution < -0.4 is 5.73 Å². The van der Waals surface area contributed by atoms with Gasteiger partial charge in [-0.1, -0.05) is 26.2 Å². The van der Waals surface area contributed by atoms with Gasteiger partial charge in [-0.2, -0.15) is 0 Å². The zero-order valence-corrected chi connectivity index (χ0v) is 12.2. The molecule has 0 saturated carbocycles. The first-order chi connectivity index (χ1) is 8.03. The second-order valence-corrected chi connectivity index (χ2v) is 6.01. The molecule has 0 radical (unpaired) electrons. The zero-order valence-electron chi connectivity index (χ0n) is 12.2. The molecule has 0 aromatic rings. The molecule has 17 heavy (non-hydrogen) atoms. The summed E-state index contributed by atoms with van der Waals surface area (Å²) in [7, 11) is 4.37. The summed E-state index contributed by atoms with van der Waals surface area (Å²) < 4.78 is 0. The first-order valence-electron chi connectivity index (χ1n) is 7.15. The summed E-state index contributed by atoms with van der Waals surface area (Å²) in [6.07, 6.45) is 6.47. The van der Waals surface area contributed by atoms with Crippen LogP contribution in [0.25, 0.3) is 0 Å². The maximum atomic E-state index is 6.04. The summed E-state index contributed by atoms with van der Waals surface area (Å²) in [5.41, 5.74) is 6.26. The second-order valence-electron chi connectivity index (χ2n) is 6.01. The van der Waals surface area contributed by atoms with Crippen LogP contribution in [0.1, 0.15) is 46.0 Å². The Morgan fingerprint density at radius 3 is 2.53 bits per heavy atom. The molecule has 0 bridgehead atoms. The molecule has 1 aliphatic heterocycles. The number of likely N-dealkylation sites (N-methyl/N-ethyl adjacent to an activating group) is 1. The van der Waals surface area contributed by atoms with Gasteiger partial charge in [-0.05, 0) is 33.9 Å². The lowest BCUT2D eigenvalue weighted by Crippen LogP contribution is -2.51. The molecule has 1 aliphatic rings. The summed E-state index contributed by atoms with van der Waals surface area (Å²) in [5.74, 6) is 0. The van der Waals surface area contributed by atoms with Crippen molar-refractivity contribution in [2.75, 3.05) is 33.7 Å². The van der Waals surface area contributed by atoms with E-state index in [0.717, 1.165) is 6.54 Å². The number of hydrogen-bond acceptors (Lipinski definition) is 3. The molecule has 1 heterocycles. The van der Waals surface area contributed by atoms with Crippen LogP contribution in [0.3, 0.4) is 0 Å². The number of likely N-dealkylation sites (tertiary alicyclic amines) is 1. The number of rotatable bonds is 7. The molecule has 0 aliphatic carbocycles. The van der Waals surface area contributed by atoms with Crippen LogP contribution in [0.5, 0.6) is 0 Å². The van der Waals surface area contributed by atoms with E-state index >= 15 is 0 Å². The Morgan fingerprint density at radius 2 is 2.06 bits per heavy atom. The predicted octanol–water partition coefficient (Wildman–Crippen LogP) is 1.92. The average Bonchev–Trinajstić information content (AvgIpc) is 2.79. The minimum Gasteiger partial charge on any atom is -0.329 e. The van der Waals surface area contributed by atoms with Gasteiger partial charge in [0.05, 0.1) is 0 Å². The van der Waals surface area contributed by atoms with E-state index in [1.54, 1.807) is 0 Å². The van der Waals surface area contributed by atoms with Gasteiger partial charge in [0.15, 0.2) is 0 Å². The fraction of sp³-hybridized carbons (Fsp3) is 1.00. The van der Waals surface area contributed by atoms with E-state index in [-0.39, 0.29) is 5.54 Å². The standard InChI is InChI=1S/C14H31N3/c1-5-6-7-9-14(2,12-15)17-10-8-13(11-17)16(3)4/h13H,5-12,15H2,1-4H3. The number of hydrogen-bond donors (Lipinski definition) is 1. The van der Waals surface area contributed by atoms with E-state index in [1.807, 2.05) is 0 Å². The van der Waals surface area contributed by atoms with E-state index in [4.69, 9.17) is 5.73 Å². The largest absolute Gasteiger partial charge is 0.329 e. The Morgan fingerprint density at radius 1 is 1.35 bits per heavy atom. The lowest BCUT2D eigenvalue weighted by molar-refractivity contribution is 0.119. The van der Waals surface area contributed by atoms with Crippen molar-refractivity contribution in [2.24, 2.45) is 5.73 Å². The Balaban J connectivity index is 2.49. The quantitative estimate of drug-likeness (QED) is 0.691. The lowest BCUT2D eigenvalue weighted by atomic mass is 9.92. The van der Waals surface area contributed by atoms with Crippen molar-refractivity contribution in [2.45, 2.75) is 57.5 Å². The summed E-state index contributed by atoms with van der Waals surface area (Å²) >= 11 is 0. The second kappa shape index (κ2) is 6.72. The first-order valence-corrected chi connectivity index (χ1v) is 7.15. The first kappa shape index (κ1) is 14.9. The molecule has 1 saturated heterocycles. The molecule has 3 heteroatoms. The Hall–Kier alpha value is -0.120. The van der Waals surface area contributed by atoms with Crippen LogP contribution in [0.15, 0.2) is 0 Å². The maximum absolute atomic E-state index is 6.04. The number of nitrogens with zero attached hydrogens (tertiary/aromatic N) is 2. The SMILES string of the molecule is CCCCCC(C)(CN)N1CCC(N(C)C)C1. The van der Waals surface area contributed by atoms with Gasteiger partial charge in [-0.15, -0.1) is 0 Å². The van der Waals surface area contributed by atoms with E-state index in [2.05, 4.69) is 37.7 Å².